The highest BCUT2D eigenvalue weighted by molar-refractivity contribution is 7.90. The van der Waals surface area contributed by atoms with Crippen LogP contribution in [-0.2, 0) is 26.0 Å². The van der Waals surface area contributed by atoms with Gasteiger partial charge in [0.1, 0.15) is 22.7 Å². The van der Waals surface area contributed by atoms with Crippen LogP contribution in [0, 0.1) is 5.82 Å². The van der Waals surface area contributed by atoms with Gasteiger partial charge in [0.25, 0.3) is 10.0 Å². The second kappa shape index (κ2) is 10.4. The molecule has 2 heterocycles. The molecule has 0 saturated heterocycles. The monoisotopic (exact) mass is 604 g/mol. The standard InChI is InChI=1S/C29H27Cl2FN2O5S/c1-29(2,3)39-24(35)13-18-15-33-28(31)25(26(18)30)27(36)23-14-20-21(32)11-17(16-9-10-16)12-22(20)34(23)40(37,38)19-7-5-4-6-8-19/h4-8,11-12,14-16,27,36H,9-10,13H2,1-3H3. The molecule has 0 bridgehead atoms. The van der Waals surface area contributed by atoms with Crippen molar-refractivity contribution in [2.45, 2.75) is 62.6 Å². The number of hydrogen-bond donors (Lipinski definition) is 1. The van der Waals surface area contributed by atoms with E-state index in [-0.39, 0.29) is 55.1 Å². The highest BCUT2D eigenvalue weighted by Crippen LogP contribution is 2.44. The summed E-state index contributed by atoms with van der Waals surface area (Å²) in [6.45, 7) is 5.17. The molecular weight excluding hydrogens is 578 g/mol. The largest absolute Gasteiger partial charge is 0.460 e. The van der Waals surface area contributed by atoms with E-state index in [0.29, 0.717) is 5.56 Å². The highest BCUT2D eigenvalue weighted by atomic mass is 35.5. The summed E-state index contributed by atoms with van der Waals surface area (Å²) in [4.78, 5) is 16.5. The van der Waals surface area contributed by atoms with Gasteiger partial charge in [-0.2, -0.15) is 0 Å². The quantitative estimate of drug-likeness (QED) is 0.189. The zero-order valence-electron chi connectivity index (χ0n) is 22.0. The summed E-state index contributed by atoms with van der Waals surface area (Å²) < 4.78 is 49.6. The maximum Gasteiger partial charge on any atom is 0.310 e. The van der Waals surface area contributed by atoms with Gasteiger partial charge in [0, 0.05) is 22.7 Å². The van der Waals surface area contributed by atoms with E-state index in [2.05, 4.69) is 4.98 Å². The predicted molar refractivity (Wildman–Crippen MR) is 151 cm³/mol. The molecule has 2 aromatic heterocycles. The molecule has 11 heteroatoms. The van der Waals surface area contributed by atoms with E-state index in [4.69, 9.17) is 27.9 Å². The summed E-state index contributed by atoms with van der Waals surface area (Å²) in [5, 5.41) is 11.4. The number of benzene rings is 2. The summed E-state index contributed by atoms with van der Waals surface area (Å²) in [6, 6.07) is 12.0. The lowest BCUT2D eigenvalue weighted by atomic mass is 10.0. The zero-order valence-corrected chi connectivity index (χ0v) is 24.3. The first-order valence-corrected chi connectivity index (χ1v) is 14.9. The fourth-order valence-electron chi connectivity index (χ4n) is 4.65. The molecule has 1 unspecified atom stereocenters. The van der Waals surface area contributed by atoms with Gasteiger partial charge in [0.2, 0.25) is 0 Å². The zero-order chi connectivity index (χ0) is 29.0. The first-order valence-electron chi connectivity index (χ1n) is 12.7. The first kappa shape index (κ1) is 28.5. The summed E-state index contributed by atoms with van der Waals surface area (Å²) in [5.74, 6) is -1.04. The number of rotatable bonds is 7. The Balaban J connectivity index is 1.69. The molecule has 1 fully saturated rings. The van der Waals surface area contributed by atoms with Gasteiger partial charge in [-0.1, -0.05) is 41.4 Å². The number of carbonyl (C=O) groups excluding carboxylic acids is 1. The third kappa shape index (κ3) is 5.48. The van der Waals surface area contributed by atoms with E-state index in [1.165, 1.54) is 30.5 Å². The van der Waals surface area contributed by atoms with E-state index in [0.717, 1.165) is 16.8 Å². The second-order valence-corrected chi connectivity index (χ2v) is 13.4. The number of aliphatic hydroxyl groups excluding tert-OH is 1. The number of fused-ring (bicyclic) bond motifs is 1. The molecule has 210 valence electrons. The minimum atomic E-state index is -4.31. The average molecular weight is 606 g/mol. The van der Waals surface area contributed by atoms with E-state index < -0.39 is 33.5 Å². The molecule has 0 amide bonds. The van der Waals surface area contributed by atoms with Gasteiger partial charge in [0.15, 0.2) is 0 Å². The number of aromatic nitrogens is 2. The lowest BCUT2D eigenvalue weighted by molar-refractivity contribution is -0.153. The van der Waals surface area contributed by atoms with Crippen LogP contribution in [0.5, 0.6) is 0 Å². The molecule has 5 rings (SSSR count). The van der Waals surface area contributed by atoms with Crippen molar-refractivity contribution in [3.8, 4) is 0 Å². The van der Waals surface area contributed by atoms with Crippen LogP contribution in [0.25, 0.3) is 10.9 Å². The Morgan fingerprint density at radius 3 is 2.48 bits per heavy atom. The number of nitrogens with zero attached hydrogens (tertiary/aromatic N) is 2. The highest BCUT2D eigenvalue weighted by Gasteiger charge is 2.33. The lowest BCUT2D eigenvalue weighted by Crippen LogP contribution is -2.25. The first-order chi connectivity index (χ1) is 18.8. The molecule has 0 radical (unpaired) electrons. The van der Waals surface area contributed by atoms with Gasteiger partial charge >= 0.3 is 5.97 Å². The van der Waals surface area contributed by atoms with Crippen molar-refractivity contribution in [2.75, 3.05) is 0 Å². The maximum absolute atomic E-state index is 15.4. The van der Waals surface area contributed by atoms with Crippen molar-refractivity contribution in [1.29, 1.82) is 0 Å². The molecule has 0 aliphatic heterocycles. The van der Waals surface area contributed by atoms with Crippen LogP contribution in [0.4, 0.5) is 4.39 Å². The number of esters is 1. The smallest absolute Gasteiger partial charge is 0.310 e. The summed E-state index contributed by atoms with van der Waals surface area (Å²) in [7, 11) is -4.31. The van der Waals surface area contributed by atoms with Gasteiger partial charge in [-0.15, -0.1) is 0 Å². The molecule has 40 heavy (non-hydrogen) atoms. The van der Waals surface area contributed by atoms with Gasteiger partial charge in [-0.3, -0.25) is 4.79 Å². The molecule has 2 aromatic carbocycles. The number of carbonyl (C=O) groups is 1. The number of halogens is 3. The van der Waals surface area contributed by atoms with Crippen molar-refractivity contribution in [2.24, 2.45) is 0 Å². The Bertz CT molecular complexity index is 1730. The third-order valence-electron chi connectivity index (χ3n) is 6.59. The van der Waals surface area contributed by atoms with Crippen LogP contribution >= 0.6 is 23.2 Å². The number of ether oxygens (including phenoxy) is 1. The Hall–Kier alpha value is -2.98. The molecule has 0 spiro atoms. The van der Waals surface area contributed by atoms with Crippen molar-refractivity contribution in [1.82, 2.24) is 8.96 Å². The Kier molecular flexibility index (Phi) is 7.46. The van der Waals surface area contributed by atoms with E-state index >= 15 is 4.39 Å². The van der Waals surface area contributed by atoms with Crippen molar-refractivity contribution in [3.05, 3.63) is 93.1 Å². The predicted octanol–water partition coefficient (Wildman–Crippen LogP) is 6.56. The molecule has 1 aliphatic rings. The van der Waals surface area contributed by atoms with Crippen LogP contribution in [0.2, 0.25) is 10.2 Å². The number of hydrogen-bond acceptors (Lipinski definition) is 6. The van der Waals surface area contributed by atoms with Crippen LogP contribution < -0.4 is 0 Å². The number of aliphatic hydroxyl groups is 1. The molecule has 7 nitrogen and oxygen atoms in total. The average Bonchev–Trinajstić information content (AvgIpc) is 3.65. The molecule has 1 saturated carbocycles. The summed E-state index contributed by atoms with van der Waals surface area (Å²) in [5.41, 5.74) is -0.0203. The molecule has 1 aliphatic carbocycles. The topological polar surface area (TPSA) is 98.5 Å². The minimum absolute atomic E-state index is 0.0167. The van der Waals surface area contributed by atoms with Crippen molar-refractivity contribution in [3.63, 3.8) is 0 Å². The Morgan fingerprint density at radius 1 is 1.18 bits per heavy atom. The van der Waals surface area contributed by atoms with Crippen LogP contribution in [0.15, 0.2) is 59.6 Å². The van der Waals surface area contributed by atoms with Gasteiger partial charge in [-0.25, -0.2) is 21.8 Å². The van der Waals surface area contributed by atoms with Gasteiger partial charge < -0.3 is 9.84 Å². The number of pyridine rings is 1. The lowest BCUT2D eigenvalue weighted by Gasteiger charge is -2.21. The minimum Gasteiger partial charge on any atom is -0.460 e. The summed E-state index contributed by atoms with van der Waals surface area (Å²) >= 11 is 13.0. The van der Waals surface area contributed by atoms with Crippen molar-refractivity contribution >= 4 is 50.1 Å². The second-order valence-electron chi connectivity index (χ2n) is 10.8. The van der Waals surface area contributed by atoms with Gasteiger partial charge in [-0.05, 0) is 75.4 Å². The SMILES string of the molecule is CC(C)(C)OC(=O)Cc1cnc(Cl)c(C(O)c2cc3c(F)cc(C4CC4)cc3n2S(=O)(=O)c2ccccc2)c1Cl. The maximum atomic E-state index is 15.4. The van der Waals surface area contributed by atoms with Gasteiger partial charge in [0.05, 0.1) is 27.5 Å². The normalized spacial score (nSPS) is 14.9. The molecule has 1 atom stereocenters. The summed E-state index contributed by atoms with van der Waals surface area (Å²) in [6.07, 6.45) is 1.07. The van der Waals surface area contributed by atoms with E-state index in [1.807, 2.05) is 0 Å². The van der Waals surface area contributed by atoms with Crippen LogP contribution in [0.3, 0.4) is 0 Å². The molecule has 1 N–H and O–H groups in total. The van der Waals surface area contributed by atoms with E-state index in [1.54, 1.807) is 45.0 Å². The van der Waals surface area contributed by atoms with E-state index in [9.17, 15) is 18.3 Å². The Morgan fingerprint density at radius 2 is 1.85 bits per heavy atom. The Labute approximate surface area is 241 Å². The van der Waals surface area contributed by atoms with Crippen LogP contribution in [0.1, 0.15) is 68.0 Å². The molecular formula is C29H27Cl2FN2O5S. The van der Waals surface area contributed by atoms with Crippen molar-refractivity contribution < 1.29 is 27.4 Å². The van der Waals surface area contributed by atoms with Crippen LogP contribution in [-0.4, -0.2) is 34.1 Å². The molecule has 4 aromatic rings. The third-order valence-corrected chi connectivity index (χ3v) is 9.09. The fraction of sp³-hybridized carbons (Fsp3) is 0.310. The fourth-order valence-corrected chi connectivity index (χ4v) is 6.81.